The van der Waals surface area contributed by atoms with E-state index in [4.69, 9.17) is 4.74 Å². The van der Waals surface area contributed by atoms with Crippen molar-refractivity contribution < 1.29 is 14.3 Å². The Bertz CT molecular complexity index is 963. The fourth-order valence-electron chi connectivity index (χ4n) is 5.15. The molecule has 2 N–H and O–H groups in total. The summed E-state index contributed by atoms with van der Waals surface area (Å²) in [5.41, 5.74) is 2.84. The molecule has 0 aromatic heterocycles. The molecule has 1 aliphatic heterocycles. The summed E-state index contributed by atoms with van der Waals surface area (Å²) < 4.78 is 5.35. The number of methoxy groups -OCH3 is 1. The Morgan fingerprint density at radius 2 is 1.74 bits per heavy atom. The Morgan fingerprint density at radius 3 is 2.50 bits per heavy atom. The van der Waals surface area contributed by atoms with E-state index in [0.29, 0.717) is 6.04 Å². The number of ether oxygens (including phenoxy) is 1. The van der Waals surface area contributed by atoms with Gasteiger partial charge >= 0.3 is 0 Å². The summed E-state index contributed by atoms with van der Waals surface area (Å²) in [6.45, 7) is 2.67. The number of rotatable bonds is 8. The van der Waals surface area contributed by atoms with E-state index in [9.17, 15) is 9.59 Å². The van der Waals surface area contributed by atoms with Gasteiger partial charge in [0, 0.05) is 29.8 Å². The molecule has 0 radical (unpaired) electrons. The largest absolute Gasteiger partial charge is 0.496 e. The number of piperidine rings is 1. The smallest absolute Gasteiger partial charge is 0.228 e. The number of nitrogens with zero attached hydrogens (tertiary/aromatic N) is 1. The number of hydrogen-bond acceptors (Lipinski definition) is 4. The molecular formula is C28H37N3O3. The Balaban J connectivity index is 1.24. The maximum absolute atomic E-state index is 12.7. The van der Waals surface area contributed by atoms with Crippen molar-refractivity contribution >= 4 is 17.5 Å². The molecule has 1 heterocycles. The molecule has 0 spiro atoms. The quantitative estimate of drug-likeness (QED) is 0.603. The van der Waals surface area contributed by atoms with Crippen LogP contribution in [0.4, 0.5) is 5.69 Å². The van der Waals surface area contributed by atoms with E-state index in [1.807, 2.05) is 42.5 Å². The maximum atomic E-state index is 12.7. The van der Waals surface area contributed by atoms with Gasteiger partial charge in [-0.15, -0.1) is 0 Å². The summed E-state index contributed by atoms with van der Waals surface area (Å²) in [5, 5.41) is 6.31. The van der Waals surface area contributed by atoms with Gasteiger partial charge in [0.25, 0.3) is 0 Å². The molecule has 0 atom stereocenters. The first-order valence-corrected chi connectivity index (χ1v) is 12.6. The fourth-order valence-corrected chi connectivity index (χ4v) is 5.15. The number of amides is 2. The molecule has 2 aromatic carbocycles. The second-order valence-corrected chi connectivity index (χ2v) is 9.63. The second-order valence-electron chi connectivity index (χ2n) is 9.63. The molecule has 1 saturated heterocycles. The van der Waals surface area contributed by atoms with Crippen molar-refractivity contribution in [2.24, 2.45) is 5.92 Å². The monoisotopic (exact) mass is 463 g/mol. The molecule has 2 fully saturated rings. The van der Waals surface area contributed by atoms with Crippen molar-refractivity contribution in [2.75, 3.05) is 25.5 Å². The minimum absolute atomic E-state index is 0.0635. The molecule has 2 aliphatic rings. The van der Waals surface area contributed by atoms with Crippen LogP contribution in [0.2, 0.25) is 0 Å². The highest BCUT2D eigenvalue weighted by Gasteiger charge is 2.27. The number of anilines is 1. The lowest BCUT2D eigenvalue weighted by Gasteiger charge is -2.32. The molecule has 0 unspecified atom stereocenters. The number of nitrogens with one attached hydrogen (secondary N) is 2. The Labute approximate surface area is 203 Å². The molecule has 182 valence electrons. The summed E-state index contributed by atoms with van der Waals surface area (Å²) in [6.07, 6.45) is 8.14. The number of benzene rings is 2. The van der Waals surface area contributed by atoms with Crippen molar-refractivity contribution in [3.63, 3.8) is 0 Å². The third-order valence-electron chi connectivity index (χ3n) is 7.07. The average Bonchev–Trinajstić information content (AvgIpc) is 2.85. The first-order chi connectivity index (χ1) is 16.6. The van der Waals surface area contributed by atoms with E-state index < -0.39 is 0 Å². The minimum atomic E-state index is -0.0635. The highest BCUT2D eigenvalue weighted by atomic mass is 16.5. The summed E-state index contributed by atoms with van der Waals surface area (Å²) in [6, 6.07) is 16.0. The summed E-state index contributed by atoms with van der Waals surface area (Å²) in [5.74, 6) is 1.05. The van der Waals surface area contributed by atoms with Gasteiger partial charge in [-0.05, 0) is 62.5 Å². The lowest BCUT2D eigenvalue weighted by atomic mass is 9.92. The van der Waals surface area contributed by atoms with Gasteiger partial charge in [0.15, 0.2) is 0 Å². The third-order valence-corrected chi connectivity index (χ3v) is 7.07. The average molecular weight is 464 g/mol. The zero-order valence-corrected chi connectivity index (χ0v) is 20.2. The van der Waals surface area contributed by atoms with Crippen LogP contribution in [0.25, 0.3) is 0 Å². The van der Waals surface area contributed by atoms with Gasteiger partial charge in [-0.3, -0.25) is 14.5 Å². The van der Waals surface area contributed by atoms with Crippen molar-refractivity contribution in [3.8, 4) is 5.75 Å². The van der Waals surface area contributed by atoms with Gasteiger partial charge in [-0.2, -0.15) is 0 Å². The van der Waals surface area contributed by atoms with E-state index >= 15 is 0 Å². The van der Waals surface area contributed by atoms with Crippen molar-refractivity contribution in [1.29, 1.82) is 0 Å². The third kappa shape index (κ3) is 6.83. The second kappa shape index (κ2) is 12.0. The van der Waals surface area contributed by atoms with Crippen LogP contribution in [0.3, 0.4) is 0 Å². The van der Waals surface area contributed by atoms with Crippen LogP contribution in [0, 0.1) is 5.92 Å². The number of likely N-dealkylation sites (tertiary alicyclic amines) is 1. The van der Waals surface area contributed by atoms with Crippen molar-refractivity contribution in [3.05, 3.63) is 59.7 Å². The number of para-hydroxylation sites is 1. The molecular weight excluding hydrogens is 426 g/mol. The Hall–Kier alpha value is -2.86. The van der Waals surface area contributed by atoms with Crippen LogP contribution in [0.1, 0.15) is 56.1 Å². The van der Waals surface area contributed by atoms with Gasteiger partial charge in [-0.25, -0.2) is 0 Å². The normalized spacial score (nSPS) is 17.8. The van der Waals surface area contributed by atoms with Crippen molar-refractivity contribution in [2.45, 2.75) is 64.0 Å². The predicted molar refractivity (Wildman–Crippen MR) is 135 cm³/mol. The molecule has 2 amide bonds. The van der Waals surface area contributed by atoms with Gasteiger partial charge in [0.05, 0.1) is 13.5 Å². The van der Waals surface area contributed by atoms with Crippen LogP contribution in [-0.4, -0.2) is 43.0 Å². The first kappa shape index (κ1) is 24.3. The van der Waals surface area contributed by atoms with Gasteiger partial charge in [0.2, 0.25) is 11.8 Å². The molecule has 4 rings (SSSR count). The van der Waals surface area contributed by atoms with E-state index in [-0.39, 0.29) is 24.2 Å². The maximum Gasteiger partial charge on any atom is 0.228 e. The van der Waals surface area contributed by atoms with Crippen LogP contribution in [-0.2, 0) is 22.6 Å². The van der Waals surface area contributed by atoms with Crippen molar-refractivity contribution in [1.82, 2.24) is 10.2 Å². The zero-order chi connectivity index (χ0) is 23.8. The van der Waals surface area contributed by atoms with E-state index in [0.717, 1.165) is 62.3 Å². The number of carbonyl (C=O) groups is 2. The van der Waals surface area contributed by atoms with Gasteiger partial charge in [-0.1, -0.05) is 49.6 Å². The van der Waals surface area contributed by atoms with E-state index in [1.165, 1.54) is 24.8 Å². The highest BCUT2D eigenvalue weighted by molar-refractivity contribution is 5.92. The molecule has 1 saturated carbocycles. The topological polar surface area (TPSA) is 70.7 Å². The highest BCUT2D eigenvalue weighted by Crippen LogP contribution is 2.23. The molecule has 1 aliphatic carbocycles. The lowest BCUT2D eigenvalue weighted by molar-refractivity contribution is -0.127. The van der Waals surface area contributed by atoms with Crippen LogP contribution >= 0.6 is 0 Å². The zero-order valence-electron chi connectivity index (χ0n) is 20.2. The molecule has 0 bridgehead atoms. The van der Waals surface area contributed by atoms with Gasteiger partial charge in [0.1, 0.15) is 5.75 Å². The Morgan fingerprint density at radius 1 is 0.971 bits per heavy atom. The standard InChI is InChI=1S/C28H37N3O3/c1-34-26-13-6-5-9-23(26)19-27(32)29-25-12-7-8-21(18-25)20-31-16-14-22(15-17-31)28(33)30-24-10-3-2-4-11-24/h5-9,12-13,18,22,24H,2-4,10-11,14-17,19-20H2,1H3,(H,29,32)(H,30,33). The lowest BCUT2D eigenvalue weighted by Crippen LogP contribution is -2.44. The first-order valence-electron chi connectivity index (χ1n) is 12.6. The predicted octanol–water partition coefficient (Wildman–Crippen LogP) is 4.54. The minimum Gasteiger partial charge on any atom is -0.496 e. The molecule has 6 nitrogen and oxygen atoms in total. The SMILES string of the molecule is COc1ccccc1CC(=O)Nc1cccc(CN2CCC(C(=O)NC3CCCCC3)CC2)c1. The van der Waals surface area contributed by atoms with Crippen LogP contribution in [0.15, 0.2) is 48.5 Å². The fraction of sp³-hybridized carbons (Fsp3) is 0.500. The molecule has 6 heteroatoms. The Kier molecular flexibility index (Phi) is 8.58. The summed E-state index contributed by atoms with van der Waals surface area (Å²) >= 11 is 0. The number of hydrogen-bond donors (Lipinski definition) is 2. The van der Waals surface area contributed by atoms with Gasteiger partial charge < -0.3 is 15.4 Å². The van der Waals surface area contributed by atoms with E-state index in [2.05, 4.69) is 21.6 Å². The van der Waals surface area contributed by atoms with Crippen LogP contribution < -0.4 is 15.4 Å². The van der Waals surface area contributed by atoms with E-state index in [1.54, 1.807) is 7.11 Å². The molecule has 34 heavy (non-hydrogen) atoms. The molecule has 2 aromatic rings. The summed E-state index contributed by atoms with van der Waals surface area (Å²) in [7, 11) is 1.62. The number of carbonyl (C=O) groups excluding carboxylic acids is 2. The van der Waals surface area contributed by atoms with Crippen LogP contribution in [0.5, 0.6) is 5.75 Å². The summed E-state index contributed by atoms with van der Waals surface area (Å²) in [4.78, 5) is 27.7.